The maximum absolute atomic E-state index is 11.9. The molecule has 0 radical (unpaired) electrons. The Morgan fingerprint density at radius 2 is 2.22 bits per heavy atom. The van der Waals surface area contributed by atoms with Crippen LogP contribution in [-0.4, -0.2) is 18.5 Å². The van der Waals surface area contributed by atoms with Gasteiger partial charge in [0.15, 0.2) is 0 Å². The van der Waals surface area contributed by atoms with Crippen LogP contribution in [0.25, 0.3) is 0 Å². The van der Waals surface area contributed by atoms with Gasteiger partial charge in [0.05, 0.1) is 0 Å². The molecule has 1 saturated heterocycles. The number of anilines is 1. The minimum atomic E-state index is 0. The molecule has 1 aromatic rings. The fraction of sp³-hybridized carbons (Fsp3) is 0.500. The summed E-state index contributed by atoms with van der Waals surface area (Å²) in [5.41, 5.74) is 3.27. The molecule has 1 atom stereocenters. The maximum Gasteiger partial charge on any atom is 0.225 e. The SMILES string of the molecule is Cc1ccc(NC(=O)CC2CCCN2)c(C)c1.Cl. The predicted molar refractivity (Wildman–Crippen MR) is 77.4 cm³/mol. The highest BCUT2D eigenvalue weighted by Gasteiger charge is 2.17. The van der Waals surface area contributed by atoms with Gasteiger partial charge in [-0.05, 0) is 44.9 Å². The molecule has 1 aromatic carbocycles. The summed E-state index contributed by atoms with van der Waals surface area (Å²) in [5, 5.41) is 6.32. The van der Waals surface area contributed by atoms with Crippen molar-refractivity contribution in [2.45, 2.75) is 39.2 Å². The highest BCUT2D eigenvalue weighted by atomic mass is 35.5. The highest BCUT2D eigenvalue weighted by Crippen LogP contribution is 2.17. The first kappa shape index (κ1) is 15.0. The molecule has 1 fully saturated rings. The van der Waals surface area contributed by atoms with Crippen molar-refractivity contribution in [2.75, 3.05) is 11.9 Å². The molecule has 0 spiro atoms. The van der Waals surface area contributed by atoms with Gasteiger partial charge in [0.1, 0.15) is 0 Å². The van der Waals surface area contributed by atoms with E-state index in [4.69, 9.17) is 0 Å². The van der Waals surface area contributed by atoms with Crippen LogP contribution in [0.15, 0.2) is 18.2 Å². The molecule has 1 aliphatic heterocycles. The van der Waals surface area contributed by atoms with Gasteiger partial charge in [-0.3, -0.25) is 4.79 Å². The largest absolute Gasteiger partial charge is 0.326 e. The molecule has 0 aromatic heterocycles. The second-order valence-corrected chi connectivity index (χ2v) is 4.86. The van der Waals surface area contributed by atoms with Gasteiger partial charge >= 0.3 is 0 Å². The Bertz CT molecular complexity index is 414. The lowest BCUT2D eigenvalue weighted by atomic mass is 10.1. The van der Waals surface area contributed by atoms with Crippen molar-refractivity contribution in [1.82, 2.24) is 5.32 Å². The van der Waals surface area contributed by atoms with Crippen molar-refractivity contribution in [3.05, 3.63) is 29.3 Å². The third-order valence-corrected chi connectivity index (χ3v) is 3.25. The van der Waals surface area contributed by atoms with Crippen molar-refractivity contribution in [2.24, 2.45) is 0 Å². The van der Waals surface area contributed by atoms with Gasteiger partial charge in [0, 0.05) is 18.2 Å². The van der Waals surface area contributed by atoms with Crippen molar-refractivity contribution >= 4 is 24.0 Å². The van der Waals surface area contributed by atoms with Gasteiger partial charge in [-0.15, -0.1) is 12.4 Å². The number of rotatable bonds is 3. The van der Waals surface area contributed by atoms with Crippen LogP contribution < -0.4 is 10.6 Å². The normalized spacial score (nSPS) is 18.2. The molecule has 2 N–H and O–H groups in total. The standard InChI is InChI=1S/C14H20N2O.ClH/c1-10-5-6-13(11(2)8-10)16-14(17)9-12-4-3-7-15-12;/h5-6,8,12,15H,3-4,7,9H2,1-2H3,(H,16,17);1H. The second-order valence-electron chi connectivity index (χ2n) is 4.86. The van der Waals surface area contributed by atoms with Crippen LogP contribution in [0.3, 0.4) is 0 Å². The molecule has 0 aliphatic carbocycles. The number of benzene rings is 1. The molecule has 1 amide bonds. The molecule has 2 rings (SSSR count). The van der Waals surface area contributed by atoms with Crippen molar-refractivity contribution in [1.29, 1.82) is 0 Å². The van der Waals surface area contributed by atoms with Crippen molar-refractivity contribution < 1.29 is 4.79 Å². The Balaban J connectivity index is 0.00000162. The summed E-state index contributed by atoms with van der Waals surface area (Å²) in [6.45, 7) is 5.12. The van der Waals surface area contributed by atoms with E-state index in [2.05, 4.69) is 23.6 Å². The van der Waals surface area contributed by atoms with E-state index in [1.807, 2.05) is 19.1 Å². The van der Waals surface area contributed by atoms with Crippen LogP contribution in [0.5, 0.6) is 0 Å². The van der Waals surface area contributed by atoms with Gasteiger partial charge in [-0.2, -0.15) is 0 Å². The molecule has 0 bridgehead atoms. The maximum atomic E-state index is 11.9. The van der Waals surface area contributed by atoms with Crippen molar-refractivity contribution in [3.63, 3.8) is 0 Å². The Morgan fingerprint density at radius 1 is 1.44 bits per heavy atom. The minimum absolute atomic E-state index is 0. The van der Waals surface area contributed by atoms with Crippen LogP contribution >= 0.6 is 12.4 Å². The summed E-state index contributed by atoms with van der Waals surface area (Å²) in [6, 6.07) is 6.45. The monoisotopic (exact) mass is 268 g/mol. The van der Waals surface area contributed by atoms with E-state index >= 15 is 0 Å². The third-order valence-electron chi connectivity index (χ3n) is 3.25. The average Bonchev–Trinajstić information content (AvgIpc) is 2.75. The van der Waals surface area contributed by atoms with E-state index in [0.29, 0.717) is 12.5 Å². The fourth-order valence-electron chi connectivity index (χ4n) is 2.31. The molecular formula is C14H21ClN2O. The number of halogens is 1. The summed E-state index contributed by atoms with van der Waals surface area (Å²) >= 11 is 0. The minimum Gasteiger partial charge on any atom is -0.326 e. The number of hydrogen-bond donors (Lipinski definition) is 2. The first-order chi connectivity index (χ1) is 8.15. The summed E-state index contributed by atoms with van der Waals surface area (Å²) < 4.78 is 0. The summed E-state index contributed by atoms with van der Waals surface area (Å²) in [5.74, 6) is 0.108. The smallest absolute Gasteiger partial charge is 0.225 e. The van der Waals surface area contributed by atoms with E-state index in [-0.39, 0.29) is 18.3 Å². The number of amides is 1. The Kier molecular flexibility index (Phi) is 5.63. The van der Waals surface area contributed by atoms with E-state index in [1.165, 1.54) is 12.0 Å². The summed E-state index contributed by atoms with van der Waals surface area (Å²) in [4.78, 5) is 11.9. The Morgan fingerprint density at radius 3 is 2.83 bits per heavy atom. The van der Waals surface area contributed by atoms with Crippen LogP contribution in [0, 0.1) is 13.8 Å². The average molecular weight is 269 g/mol. The van der Waals surface area contributed by atoms with E-state index in [0.717, 1.165) is 24.2 Å². The summed E-state index contributed by atoms with van der Waals surface area (Å²) in [7, 11) is 0. The van der Waals surface area contributed by atoms with Gasteiger partial charge in [0.25, 0.3) is 0 Å². The molecule has 1 heterocycles. The number of aryl methyl sites for hydroxylation is 2. The molecular weight excluding hydrogens is 248 g/mol. The Labute approximate surface area is 115 Å². The number of hydrogen-bond acceptors (Lipinski definition) is 2. The molecule has 0 saturated carbocycles. The van der Waals surface area contributed by atoms with Gasteiger partial charge in [-0.1, -0.05) is 17.7 Å². The van der Waals surface area contributed by atoms with E-state index in [9.17, 15) is 4.79 Å². The zero-order valence-electron chi connectivity index (χ0n) is 11.0. The second kappa shape index (κ2) is 6.76. The Hall–Kier alpha value is -1.06. The van der Waals surface area contributed by atoms with Crippen LogP contribution in [-0.2, 0) is 4.79 Å². The number of carbonyl (C=O) groups excluding carboxylic acids is 1. The van der Waals surface area contributed by atoms with Crippen LogP contribution in [0.2, 0.25) is 0 Å². The molecule has 18 heavy (non-hydrogen) atoms. The lowest BCUT2D eigenvalue weighted by Gasteiger charge is -2.12. The van der Waals surface area contributed by atoms with Crippen LogP contribution in [0.1, 0.15) is 30.4 Å². The molecule has 3 nitrogen and oxygen atoms in total. The topological polar surface area (TPSA) is 41.1 Å². The quantitative estimate of drug-likeness (QED) is 0.885. The van der Waals surface area contributed by atoms with Crippen LogP contribution in [0.4, 0.5) is 5.69 Å². The zero-order chi connectivity index (χ0) is 12.3. The third kappa shape index (κ3) is 4.00. The molecule has 100 valence electrons. The number of carbonyl (C=O) groups is 1. The lowest BCUT2D eigenvalue weighted by molar-refractivity contribution is -0.116. The zero-order valence-corrected chi connectivity index (χ0v) is 11.8. The number of nitrogens with one attached hydrogen (secondary N) is 2. The van der Waals surface area contributed by atoms with Crippen molar-refractivity contribution in [3.8, 4) is 0 Å². The lowest BCUT2D eigenvalue weighted by Crippen LogP contribution is -2.27. The fourth-order valence-corrected chi connectivity index (χ4v) is 2.31. The highest BCUT2D eigenvalue weighted by molar-refractivity contribution is 5.91. The first-order valence-electron chi connectivity index (χ1n) is 6.25. The summed E-state index contributed by atoms with van der Waals surface area (Å²) in [6.07, 6.45) is 2.87. The molecule has 4 heteroatoms. The molecule has 1 aliphatic rings. The first-order valence-corrected chi connectivity index (χ1v) is 6.25. The predicted octanol–water partition coefficient (Wildman–Crippen LogP) is 2.81. The van der Waals surface area contributed by atoms with Gasteiger partial charge < -0.3 is 10.6 Å². The molecule has 1 unspecified atom stereocenters. The van der Waals surface area contributed by atoms with E-state index in [1.54, 1.807) is 0 Å². The van der Waals surface area contributed by atoms with E-state index < -0.39 is 0 Å². The van der Waals surface area contributed by atoms with Gasteiger partial charge in [-0.25, -0.2) is 0 Å². The van der Waals surface area contributed by atoms with Gasteiger partial charge in [0.2, 0.25) is 5.91 Å².